The average Bonchev–Trinajstić information content (AvgIpc) is 3.35. The zero-order valence-corrected chi connectivity index (χ0v) is 15.3. The van der Waals surface area contributed by atoms with Crippen LogP contribution in [0.3, 0.4) is 0 Å². The molecule has 2 heterocycles. The first-order chi connectivity index (χ1) is 12.3. The lowest BCUT2D eigenvalue weighted by atomic mass is 10.1. The molecule has 1 atom stereocenters. The minimum absolute atomic E-state index is 0.0166. The molecular weight excluding hydrogens is 336 g/mol. The third kappa shape index (κ3) is 4.96. The van der Waals surface area contributed by atoms with E-state index >= 15 is 0 Å². The zero-order valence-electron chi connectivity index (χ0n) is 14.4. The lowest BCUT2D eigenvalue weighted by Gasteiger charge is -2.27. The highest BCUT2D eigenvalue weighted by atomic mass is 32.1. The molecular formula is C19H24N2O3S. The topological polar surface area (TPSA) is 50.8 Å². The Kier molecular flexibility index (Phi) is 6.30. The first-order valence-corrected chi connectivity index (χ1v) is 9.50. The van der Waals surface area contributed by atoms with Crippen LogP contribution in [0.4, 0.5) is 0 Å². The zero-order chi connectivity index (χ0) is 17.5. The summed E-state index contributed by atoms with van der Waals surface area (Å²) < 4.78 is 10.6. The molecule has 1 fully saturated rings. The van der Waals surface area contributed by atoms with E-state index in [9.17, 15) is 4.79 Å². The second-order valence-corrected chi connectivity index (χ2v) is 6.86. The highest BCUT2D eigenvalue weighted by molar-refractivity contribution is 7.07. The molecule has 1 aliphatic heterocycles. The normalized spacial score (nSPS) is 15.7. The maximum absolute atomic E-state index is 12.2. The molecule has 0 aliphatic carbocycles. The van der Waals surface area contributed by atoms with Crippen LogP contribution in [0.25, 0.3) is 0 Å². The number of ether oxygens (including phenoxy) is 2. The average molecular weight is 360 g/mol. The highest BCUT2D eigenvalue weighted by Gasteiger charge is 2.24. The van der Waals surface area contributed by atoms with Crippen molar-refractivity contribution < 1.29 is 14.3 Å². The predicted octanol–water partition coefficient (Wildman–Crippen LogP) is 3.09. The summed E-state index contributed by atoms with van der Waals surface area (Å²) in [6.45, 7) is 2.82. The lowest BCUT2D eigenvalue weighted by Crippen LogP contribution is -2.38. The summed E-state index contributed by atoms with van der Waals surface area (Å²) in [5.41, 5.74) is 1.28. The van der Waals surface area contributed by atoms with Gasteiger partial charge in [-0.05, 0) is 72.6 Å². The van der Waals surface area contributed by atoms with Crippen molar-refractivity contribution in [2.45, 2.75) is 18.9 Å². The van der Waals surface area contributed by atoms with Crippen LogP contribution in [0.2, 0.25) is 0 Å². The molecule has 5 nitrogen and oxygen atoms in total. The van der Waals surface area contributed by atoms with E-state index in [0.717, 1.165) is 18.8 Å². The van der Waals surface area contributed by atoms with Gasteiger partial charge in [0, 0.05) is 6.54 Å². The van der Waals surface area contributed by atoms with Gasteiger partial charge in [0.05, 0.1) is 13.2 Å². The second-order valence-electron chi connectivity index (χ2n) is 6.08. The number of carbonyl (C=O) groups excluding carboxylic acids is 1. The van der Waals surface area contributed by atoms with Crippen molar-refractivity contribution in [1.82, 2.24) is 10.2 Å². The predicted molar refractivity (Wildman–Crippen MR) is 99.4 cm³/mol. The number of carbonyl (C=O) groups is 1. The van der Waals surface area contributed by atoms with Crippen molar-refractivity contribution in [3.05, 3.63) is 46.7 Å². The Bertz CT molecular complexity index is 652. The third-order valence-corrected chi connectivity index (χ3v) is 5.13. The van der Waals surface area contributed by atoms with Gasteiger partial charge >= 0.3 is 0 Å². The van der Waals surface area contributed by atoms with E-state index in [-0.39, 0.29) is 18.6 Å². The van der Waals surface area contributed by atoms with Crippen LogP contribution in [0.5, 0.6) is 11.5 Å². The summed E-state index contributed by atoms with van der Waals surface area (Å²) in [6.07, 6.45) is 2.46. The van der Waals surface area contributed by atoms with Crippen LogP contribution in [-0.4, -0.2) is 44.2 Å². The van der Waals surface area contributed by atoms with Gasteiger partial charge in [0.25, 0.3) is 5.91 Å². The molecule has 1 aliphatic rings. The SMILES string of the molecule is COc1ccc(OCC(=O)NCC(c2ccsc2)N2CCCC2)cc1. The molecule has 3 rings (SSSR count). The Morgan fingerprint density at radius 1 is 1.20 bits per heavy atom. The molecule has 1 saturated heterocycles. The number of methoxy groups -OCH3 is 1. The van der Waals surface area contributed by atoms with Gasteiger partial charge in [-0.1, -0.05) is 0 Å². The molecule has 0 radical (unpaired) electrons. The fourth-order valence-corrected chi connectivity index (χ4v) is 3.77. The van der Waals surface area contributed by atoms with E-state index in [1.54, 1.807) is 30.6 Å². The number of hydrogen-bond acceptors (Lipinski definition) is 5. The molecule has 1 aromatic heterocycles. The number of benzene rings is 1. The molecule has 1 unspecified atom stereocenters. The Morgan fingerprint density at radius 2 is 1.92 bits per heavy atom. The number of amides is 1. The summed E-state index contributed by atoms with van der Waals surface area (Å²) >= 11 is 1.70. The molecule has 1 amide bonds. The molecule has 0 saturated carbocycles. The first kappa shape index (κ1) is 17.8. The molecule has 2 aromatic rings. The molecule has 25 heavy (non-hydrogen) atoms. The number of thiophene rings is 1. The Balaban J connectivity index is 1.49. The monoisotopic (exact) mass is 360 g/mol. The van der Waals surface area contributed by atoms with E-state index in [1.807, 2.05) is 12.1 Å². The number of nitrogens with one attached hydrogen (secondary N) is 1. The smallest absolute Gasteiger partial charge is 0.258 e. The van der Waals surface area contributed by atoms with Crippen LogP contribution in [0.15, 0.2) is 41.1 Å². The highest BCUT2D eigenvalue weighted by Crippen LogP contribution is 2.26. The molecule has 0 spiro atoms. The molecule has 0 bridgehead atoms. The van der Waals surface area contributed by atoms with Gasteiger partial charge < -0.3 is 14.8 Å². The Hall–Kier alpha value is -2.05. The quantitative estimate of drug-likeness (QED) is 0.786. The summed E-state index contributed by atoms with van der Waals surface area (Å²) in [4.78, 5) is 14.6. The number of hydrogen-bond donors (Lipinski definition) is 1. The molecule has 1 N–H and O–H groups in total. The van der Waals surface area contributed by atoms with Crippen molar-refractivity contribution in [3.63, 3.8) is 0 Å². The van der Waals surface area contributed by atoms with Gasteiger partial charge in [0.1, 0.15) is 11.5 Å². The van der Waals surface area contributed by atoms with Gasteiger partial charge in [0.2, 0.25) is 0 Å². The van der Waals surface area contributed by atoms with E-state index in [4.69, 9.17) is 9.47 Å². The van der Waals surface area contributed by atoms with Gasteiger partial charge in [-0.3, -0.25) is 9.69 Å². The van der Waals surface area contributed by atoms with E-state index < -0.39 is 0 Å². The van der Waals surface area contributed by atoms with Crippen LogP contribution >= 0.6 is 11.3 Å². The summed E-state index contributed by atoms with van der Waals surface area (Å²) in [5, 5.41) is 7.27. The van der Waals surface area contributed by atoms with Gasteiger partial charge in [-0.25, -0.2) is 0 Å². The van der Waals surface area contributed by atoms with Crippen LogP contribution in [-0.2, 0) is 4.79 Å². The minimum atomic E-state index is -0.102. The van der Waals surface area contributed by atoms with Crippen molar-refractivity contribution in [1.29, 1.82) is 0 Å². The van der Waals surface area contributed by atoms with Crippen LogP contribution < -0.4 is 14.8 Å². The van der Waals surface area contributed by atoms with Crippen molar-refractivity contribution >= 4 is 17.2 Å². The summed E-state index contributed by atoms with van der Waals surface area (Å²) in [5.74, 6) is 1.32. The van der Waals surface area contributed by atoms with E-state index in [1.165, 1.54) is 18.4 Å². The minimum Gasteiger partial charge on any atom is -0.497 e. The van der Waals surface area contributed by atoms with Crippen LogP contribution in [0.1, 0.15) is 24.4 Å². The number of nitrogens with zero attached hydrogens (tertiary/aromatic N) is 1. The van der Waals surface area contributed by atoms with Crippen molar-refractivity contribution in [3.8, 4) is 11.5 Å². The van der Waals surface area contributed by atoms with Gasteiger partial charge in [-0.15, -0.1) is 0 Å². The second kappa shape index (κ2) is 8.87. The van der Waals surface area contributed by atoms with Crippen LogP contribution in [0, 0.1) is 0 Å². The molecule has 1 aromatic carbocycles. The van der Waals surface area contributed by atoms with Gasteiger partial charge in [0.15, 0.2) is 6.61 Å². The van der Waals surface area contributed by atoms with Gasteiger partial charge in [-0.2, -0.15) is 11.3 Å². The Morgan fingerprint density at radius 3 is 2.56 bits per heavy atom. The summed E-state index contributed by atoms with van der Waals surface area (Å²) in [6, 6.07) is 9.61. The fourth-order valence-electron chi connectivity index (χ4n) is 3.06. The van der Waals surface area contributed by atoms with E-state index in [0.29, 0.717) is 12.3 Å². The summed E-state index contributed by atoms with van der Waals surface area (Å²) in [7, 11) is 1.62. The Labute approximate surface area is 152 Å². The first-order valence-electron chi connectivity index (χ1n) is 8.56. The molecule has 134 valence electrons. The maximum Gasteiger partial charge on any atom is 0.258 e. The maximum atomic E-state index is 12.2. The lowest BCUT2D eigenvalue weighted by molar-refractivity contribution is -0.123. The number of likely N-dealkylation sites (tertiary alicyclic amines) is 1. The standard InChI is InChI=1S/C19H24N2O3S/c1-23-16-4-6-17(7-5-16)24-13-19(22)20-12-18(15-8-11-25-14-15)21-9-2-3-10-21/h4-8,11,14,18H,2-3,9-10,12-13H2,1H3,(H,20,22). The van der Waals surface area contributed by atoms with Crippen molar-refractivity contribution in [2.24, 2.45) is 0 Å². The largest absolute Gasteiger partial charge is 0.497 e. The molecule has 6 heteroatoms. The third-order valence-electron chi connectivity index (χ3n) is 4.43. The van der Waals surface area contributed by atoms with Crippen molar-refractivity contribution in [2.75, 3.05) is 33.4 Å². The van der Waals surface area contributed by atoms with E-state index in [2.05, 4.69) is 27.0 Å². The fraction of sp³-hybridized carbons (Fsp3) is 0.421. The number of rotatable bonds is 8.